The molecule has 0 unspecified atom stereocenters. The predicted molar refractivity (Wildman–Crippen MR) is 57.0 cm³/mol. The molecule has 0 bridgehead atoms. The summed E-state index contributed by atoms with van der Waals surface area (Å²) < 4.78 is 7.18. The Balaban J connectivity index is 1.96. The van der Waals surface area contributed by atoms with Crippen molar-refractivity contribution in [3.63, 3.8) is 0 Å². The van der Waals surface area contributed by atoms with Gasteiger partial charge in [-0.15, -0.1) is 0 Å². The Morgan fingerprint density at radius 2 is 2.40 bits per heavy atom. The maximum absolute atomic E-state index is 5.47. The van der Waals surface area contributed by atoms with E-state index < -0.39 is 0 Å². The third-order valence-electron chi connectivity index (χ3n) is 2.01. The minimum atomic E-state index is 0.630. The van der Waals surface area contributed by atoms with Crippen LogP contribution in [0.1, 0.15) is 6.92 Å². The Labute approximate surface area is 88.1 Å². The molecule has 0 atom stereocenters. The summed E-state index contributed by atoms with van der Waals surface area (Å²) in [6, 6.07) is 3.66. The summed E-state index contributed by atoms with van der Waals surface area (Å²) in [6.45, 7) is 4.49. The highest BCUT2D eigenvalue weighted by Gasteiger charge is 1.98. The molecule has 0 aromatic carbocycles. The Bertz CT molecular complexity index is 426. The number of hydrogen-bond donors (Lipinski definition) is 1. The summed E-state index contributed by atoms with van der Waals surface area (Å²) in [5.74, 6) is 0.640. The maximum Gasteiger partial charge on any atom is 0.216 e. The SMILES string of the molecule is CCNCCOc1ccn2nccc2n1. The number of nitrogens with one attached hydrogen (secondary N) is 1. The van der Waals surface area contributed by atoms with Crippen molar-refractivity contribution in [1.82, 2.24) is 19.9 Å². The molecule has 0 aliphatic heterocycles. The zero-order valence-corrected chi connectivity index (χ0v) is 8.68. The molecule has 0 saturated carbocycles. The fourth-order valence-electron chi connectivity index (χ4n) is 1.28. The topological polar surface area (TPSA) is 51.5 Å². The van der Waals surface area contributed by atoms with Crippen LogP contribution in [0.3, 0.4) is 0 Å². The lowest BCUT2D eigenvalue weighted by Gasteiger charge is -2.05. The summed E-state index contributed by atoms with van der Waals surface area (Å²) in [4.78, 5) is 4.28. The van der Waals surface area contributed by atoms with E-state index in [2.05, 4.69) is 22.3 Å². The molecule has 0 radical (unpaired) electrons. The van der Waals surface area contributed by atoms with Crippen molar-refractivity contribution in [2.45, 2.75) is 6.92 Å². The number of likely N-dealkylation sites (N-methyl/N-ethyl adjacent to an activating group) is 1. The van der Waals surface area contributed by atoms with Crippen molar-refractivity contribution < 1.29 is 4.74 Å². The zero-order valence-electron chi connectivity index (χ0n) is 8.68. The minimum absolute atomic E-state index is 0.630. The van der Waals surface area contributed by atoms with Crippen LogP contribution in [0.15, 0.2) is 24.5 Å². The zero-order chi connectivity index (χ0) is 10.5. The maximum atomic E-state index is 5.47. The van der Waals surface area contributed by atoms with E-state index in [0.717, 1.165) is 18.7 Å². The van der Waals surface area contributed by atoms with Gasteiger partial charge in [0, 0.05) is 24.9 Å². The molecule has 0 amide bonds. The molecule has 80 valence electrons. The molecule has 15 heavy (non-hydrogen) atoms. The van der Waals surface area contributed by atoms with Crippen LogP contribution >= 0.6 is 0 Å². The summed E-state index contributed by atoms with van der Waals surface area (Å²) in [6.07, 6.45) is 3.55. The second-order valence-corrected chi connectivity index (χ2v) is 3.10. The number of ether oxygens (including phenoxy) is 1. The first kappa shape index (κ1) is 9.92. The lowest BCUT2D eigenvalue weighted by molar-refractivity contribution is 0.304. The van der Waals surface area contributed by atoms with E-state index in [-0.39, 0.29) is 0 Å². The summed E-state index contributed by atoms with van der Waals surface area (Å²) in [5.41, 5.74) is 0.802. The van der Waals surface area contributed by atoms with Gasteiger partial charge in [-0.1, -0.05) is 6.92 Å². The summed E-state index contributed by atoms with van der Waals surface area (Å²) in [5, 5.41) is 7.24. The molecule has 1 N–H and O–H groups in total. The van der Waals surface area contributed by atoms with Gasteiger partial charge in [0.25, 0.3) is 0 Å². The first-order valence-corrected chi connectivity index (χ1v) is 5.04. The second-order valence-electron chi connectivity index (χ2n) is 3.10. The quantitative estimate of drug-likeness (QED) is 0.732. The molecule has 0 spiro atoms. The lowest BCUT2D eigenvalue weighted by Crippen LogP contribution is -2.20. The third-order valence-corrected chi connectivity index (χ3v) is 2.01. The van der Waals surface area contributed by atoms with Gasteiger partial charge in [-0.05, 0) is 6.54 Å². The number of aromatic nitrogens is 3. The molecule has 5 heteroatoms. The standard InChI is InChI=1S/C10H14N4O/c1-2-11-6-8-15-10-4-7-14-9(13-10)3-5-12-14/h3-5,7,11H,2,6,8H2,1H3. The van der Waals surface area contributed by atoms with E-state index in [0.29, 0.717) is 12.5 Å². The van der Waals surface area contributed by atoms with E-state index in [4.69, 9.17) is 4.74 Å². The smallest absolute Gasteiger partial charge is 0.216 e. The fourth-order valence-corrected chi connectivity index (χ4v) is 1.28. The predicted octanol–water partition coefficient (Wildman–Crippen LogP) is 0.718. The minimum Gasteiger partial charge on any atom is -0.476 e. The van der Waals surface area contributed by atoms with Gasteiger partial charge < -0.3 is 10.1 Å². The molecule has 2 aromatic rings. The molecule has 5 nitrogen and oxygen atoms in total. The summed E-state index contributed by atoms with van der Waals surface area (Å²) >= 11 is 0. The average Bonchev–Trinajstić information content (AvgIpc) is 2.71. The van der Waals surface area contributed by atoms with Crippen LogP contribution in [-0.2, 0) is 0 Å². The van der Waals surface area contributed by atoms with E-state index in [1.54, 1.807) is 10.7 Å². The van der Waals surface area contributed by atoms with E-state index >= 15 is 0 Å². The van der Waals surface area contributed by atoms with Gasteiger partial charge in [-0.2, -0.15) is 10.1 Å². The first-order valence-electron chi connectivity index (χ1n) is 5.04. The fraction of sp³-hybridized carbons (Fsp3) is 0.400. The highest BCUT2D eigenvalue weighted by Crippen LogP contribution is 2.07. The van der Waals surface area contributed by atoms with Gasteiger partial charge in [0.2, 0.25) is 5.88 Å². The van der Waals surface area contributed by atoms with Crippen LogP contribution in [0.5, 0.6) is 5.88 Å². The van der Waals surface area contributed by atoms with E-state index in [1.807, 2.05) is 18.3 Å². The third kappa shape index (κ3) is 2.44. The molecular formula is C10H14N4O. The molecule has 0 aliphatic rings. The normalized spacial score (nSPS) is 10.7. The van der Waals surface area contributed by atoms with Gasteiger partial charge in [0.1, 0.15) is 6.61 Å². The molecule has 2 rings (SSSR count). The number of hydrogen-bond acceptors (Lipinski definition) is 4. The molecular weight excluding hydrogens is 192 g/mol. The molecule has 2 heterocycles. The number of fused-ring (bicyclic) bond motifs is 1. The van der Waals surface area contributed by atoms with Gasteiger partial charge in [-0.3, -0.25) is 0 Å². The van der Waals surface area contributed by atoms with E-state index in [9.17, 15) is 0 Å². The number of rotatable bonds is 5. The van der Waals surface area contributed by atoms with E-state index in [1.165, 1.54) is 0 Å². The second kappa shape index (κ2) is 4.75. The van der Waals surface area contributed by atoms with Crippen molar-refractivity contribution in [2.75, 3.05) is 19.7 Å². The average molecular weight is 206 g/mol. The van der Waals surface area contributed by atoms with Gasteiger partial charge in [0.05, 0.1) is 6.20 Å². The molecule has 0 fully saturated rings. The Morgan fingerprint density at radius 1 is 1.47 bits per heavy atom. The number of nitrogens with zero attached hydrogens (tertiary/aromatic N) is 3. The van der Waals surface area contributed by atoms with Crippen LogP contribution < -0.4 is 10.1 Å². The van der Waals surface area contributed by atoms with Crippen molar-refractivity contribution in [3.8, 4) is 5.88 Å². The first-order chi connectivity index (χ1) is 7.40. The van der Waals surface area contributed by atoms with Crippen molar-refractivity contribution in [1.29, 1.82) is 0 Å². The van der Waals surface area contributed by atoms with Gasteiger partial charge in [0.15, 0.2) is 5.65 Å². The largest absolute Gasteiger partial charge is 0.476 e. The van der Waals surface area contributed by atoms with Gasteiger partial charge >= 0.3 is 0 Å². The van der Waals surface area contributed by atoms with Crippen LogP contribution in [0.2, 0.25) is 0 Å². The molecule has 0 saturated heterocycles. The van der Waals surface area contributed by atoms with Crippen molar-refractivity contribution in [3.05, 3.63) is 24.5 Å². The Morgan fingerprint density at radius 3 is 3.27 bits per heavy atom. The monoisotopic (exact) mass is 206 g/mol. The highest BCUT2D eigenvalue weighted by molar-refractivity contribution is 5.37. The highest BCUT2D eigenvalue weighted by atomic mass is 16.5. The molecule has 2 aromatic heterocycles. The van der Waals surface area contributed by atoms with Crippen molar-refractivity contribution in [2.24, 2.45) is 0 Å². The van der Waals surface area contributed by atoms with Crippen molar-refractivity contribution >= 4 is 5.65 Å². The lowest BCUT2D eigenvalue weighted by atomic mass is 10.6. The van der Waals surface area contributed by atoms with Gasteiger partial charge in [-0.25, -0.2) is 4.52 Å². The van der Waals surface area contributed by atoms with Crippen LogP contribution in [0, 0.1) is 0 Å². The Kier molecular flexibility index (Phi) is 3.14. The molecule has 0 aliphatic carbocycles. The van der Waals surface area contributed by atoms with Crippen LogP contribution in [0.4, 0.5) is 0 Å². The van der Waals surface area contributed by atoms with Crippen LogP contribution in [-0.4, -0.2) is 34.3 Å². The van der Waals surface area contributed by atoms with Crippen LogP contribution in [0.25, 0.3) is 5.65 Å². The summed E-state index contributed by atoms with van der Waals surface area (Å²) in [7, 11) is 0. The Hall–Kier alpha value is -1.62.